The van der Waals surface area contributed by atoms with Gasteiger partial charge >= 0.3 is 12.1 Å². The van der Waals surface area contributed by atoms with Gasteiger partial charge in [-0.05, 0) is 37.3 Å². The summed E-state index contributed by atoms with van der Waals surface area (Å²) in [4.78, 5) is 14.1. The number of carbonyl (C=O) groups is 1. The molecular formula is C13H13F3N2O2S. The second-order valence-electron chi connectivity index (χ2n) is 4.37. The van der Waals surface area contributed by atoms with Crippen molar-refractivity contribution in [3.63, 3.8) is 0 Å². The van der Waals surface area contributed by atoms with Crippen molar-refractivity contribution in [2.45, 2.75) is 26.1 Å². The molecule has 0 fully saturated rings. The van der Waals surface area contributed by atoms with E-state index in [9.17, 15) is 18.0 Å². The zero-order chi connectivity index (χ0) is 15.6. The third-order valence-corrected chi connectivity index (χ3v) is 3.27. The fraction of sp³-hybridized carbons (Fsp3) is 0.385. The number of aryl methyl sites for hydroxylation is 1. The Morgan fingerprint density at radius 1 is 1.43 bits per heavy atom. The highest BCUT2D eigenvalue weighted by molar-refractivity contribution is 7.71. The maximum atomic E-state index is 12.7. The molecule has 1 N–H and O–H groups in total. The number of rotatable bonds is 4. The summed E-state index contributed by atoms with van der Waals surface area (Å²) in [5.74, 6) is -0.374. The minimum absolute atomic E-state index is 0.107. The smallest absolute Gasteiger partial charge is 0.416 e. The summed E-state index contributed by atoms with van der Waals surface area (Å²) in [6.07, 6.45) is -4.30. The van der Waals surface area contributed by atoms with Gasteiger partial charge in [0, 0.05) is 6.54 Å². The zero-order valence-electron chi connectivity index (χ0n) is 11.2. The predicted octanol–water partition coefficient (Wildman–Crippen LogP) is 3.67. The number of alkyl halides is 3. The summed E-state index contributed by atoms with van der Waals surface area (Å²) in [6.45, 7) is 2.24. The van der Waals surface area contributed by atoms with Gasteiger partial charge in [0.25, 0.3) is 0 Å². The Balaban J connectivity index is 2.31. The van der Waals surface area contributed by atoms with Crippen LogP contribution in [0, 0.1) is 4.77 Å². The van der Waals surface area contributed by atoms with Gasteiger partial charge in [0.1, 0.15) is 0 Å². The highest BCUT2D eigenvalue weighted by Crippen LogP contribution is 2.31. The van der Waals surface area contributed by atoms with E-state index in [-0.39, 0.29) is 30.3 Å². The van der Waals surface area contributed by atoms with Crippen LogP contribution in [0.4, 0.5) is 13.2 Å². The van der Waals surface area contributed by atoms with Crippen LogP contribution in [0.5, 0.6) is 0 Å². The van der Waals surface area contributed by atoms with E-state index in [0.29, 0.717) is 11.0 Å². The molecule has 0 bridgehead atoms. The first kappa shape index (κ1) is 15.6. The highest BCUT2D eigenvalue weighted by atomic mass is 32.1. The lowest BCUT2D eigenvalue weighted by molar-refractivity contribution is -0.143. The zero-order valence-corrected chi connectivity index (χ0v) is 12.0. The quantitative estimate of drug-likeness (QED) is 0.691. The first-order valence-electron chi connectivity index (χ1n) is 6.28. The molecule has 21 heavy (non-hydrogen) atoms. The molecule has 0 unspecified atom stereocenters. The van der Waals surface area contributed by atoms with Crippen molar-refractivity contribution in [3.05, 3.63) is 28.5 Å². The standard InChI is InChI=1S/C13H13F3N2O2S/c1-2-20-11(19)5-6-18-10-4-3-8(13(14,15)16)7-9(10)17-12(18)21/h3-4,7H,2,5-6H2,1H3,(H,17,21). The number of fused-ring (bicyclic) bond motifs is 1. The number of carbonyl (C=O) groups excluding carboxylic acids is 1. The molecule has 0 aliphatic carbocycles. The molecule has 0 aliphatic rings. The summed E-state index contributed by atoms with van der Waals surface area (Å²) >= 11 is 5.08. The largest absolute Gasteiger partial charge is 0.466 e. The number of halogens is 3. The molecule has 0 spiro atoms. The average molecular weight is 318 g/mol. The molecule has 8 heteroatoms. The number of hydrogen-bond donors (Lipinski definition) is 1. The molecule has 1 aromatic heterocycles. The Labute approximate surface area is 123 Å². The van der Waals surface area contributed by atoms with Crippen molar-refractivity contribution >= 4 is 29.2 Å². The SMILES string of the molecule is CCOC(=O)CCn1c(=S)[nH]c2cc(C(F)(F)F)ccc21. The monoisotopic (exact) mass is 318 g/mol. The Kier molecular flexibility index (Phi) is 4.36. The average Bonchev–Trinajstić information content (AvgIpc) is 2.70. The molecule has 1 aromatic carbocycles. The van der Waals surface area contributed by atoms with Gasteiger partial charge in [-0.25, -0.2) is 0 Å². The van der Waals surface area contributed by atoms with E-state index in [1.165, 1.54) is 6.07 Å². The molecule has 0 amide bonds. The summed E-state index contributed by atoms with van der Waals surface area (Å²) in [7, 11) is 0. The van der Waals surface area contributed by atoms with Crippen LogP contribution in [-0.2, 0) is 22.3 Å². The first-order chi connectivity index (χ1) is 9.82. The summed E-state index contributed by atoms with van der Waals surface area (Å²) in [6, 6.07) is 3.34. The lowest BCUT2D eigenvalue weighted by Gasteiger charge is -2.07. The lowest BCUT2D eigenvalue weighted by Crippen LogP contribution is -2.09. The summed E-state index contributed by atoms with van der Waals surface area (Å²) in [5, 5.41) is 0. The Hall–Kier alpha value is -1.83. The van der Waals surface area contributed by atoms with Gasteiger partial charge in [-0.3, -0.25) is 4.79 Å². The molecule has 114 valence electrons. The number of hydrogen-bond acceptors (Lipinski definition) is 3. The third-order valence-electron chi connectivity index (χ3n) is 2.95. The number of aromatic nitrogens is 2. The van der Waals surface area contributed by atoms with Crippen molar-refractivity contribution in [1.82, 2.24) is 9.55 Å². The minimum Gasteiger partial charge on any atom is -0.466 e. The summed E-state index contributed by atoms with van der Waals surface area (Å²) < 4.78 is 44.6. The van der Waals surface area contributed by atoms with Gasteiger partial charge in [0.05, 0.1) is 29.6 Å². The van der Waals surface area contributed by atoms with E-state index in [2.05, 4.69) is 4.98 Å². The van der Waals surface area contributed by atoms with E-state index >= 15 is 0 Å². The topological polar surface area (TPSA) is 47.0 Å². The van der Waals surface area contributed by atoms with E-state index in [1.807, 2.05) is 0 Å². The van der Waals surface area contributed by atoms with Gasteiger partial charge in [-0.1, -0.05) is 0 Å². The Bertz CT molecular complexity index is 718. The molecule has 4 nitrogen and oxygen atoms in total. The van der Waals surface area contributed by atoms with E-state index in [1.54, 1.807) is 11.5 Å². The third kappa shape index (κ3) is 3.44. The number of benzene rings is 1. The molecule has 0 aliphatic heterocycles. The van der Waals surface area contributed by atoms with Crippen molar-refractivity contribution in [2.75, 3.05) is 6.61 Å². The number of nitrogens with one attached hydrogen (secondary N) is 1. The molecule has 0 saturated heterocycles. The van der Waals surface area contributed by atoms with Gasteiger partial charge in [-0.15, -0.1) is 0 Å². The number of imidazole rings is 1. The number of ether oxygens (including phenoxy) is 1. The number of nitrogens with zero attached hydrogens (tertiary/aromatic N) is 1. The second-order valence-corrected chi connectivity index (χ2v) is 4.75. The Morgan fingerprint density at radius 2 is 2.14 bits per heavy atom. The second kappa shape index (κ2) is 5.88. The molecule has 0 radical (unpaired) electrons. The fourth-order valence-electron chi connectivity index (χ4n) is 2.00. The minimum atomic E-state index is -4.41. The van der Waals surface area contributed by atoms with Crippen LogP contribution < -0.4 is 0 Å². The molecule has 2 rings (SSSR count). The molecular weight excluding hydrogens is 305 g/mol. The molecule has 2 aromatic rings. The number of esters is 1. The molecule has 0 saturated carbocycles. The normalized spacial score (nSPS) is 11.8. The number of H-pyrrole nitrogens is 1. The van der Waals surface area contributed by atoms with Crippen molar-refractivity contribution < 1.29 is 22.7 Å². The van der Waals surface area contributed by atoms with Gasteiger partial charge in [0.2, 0.25) is 0 Å². The van der Waals surface area contributed by atoms with Crippen LogP contribution in [0.3, 0.4) is 0 Å². The van der Waals surface area contributed by atoms with Crippen LogP contribution >= 0.6 is 12.2 Å². The predicted molar refractivity (Wildman–Crippen MR) is 73.4 cm³/mol. The van der Waals surface area contributed by atoms with Gasteiger partial charge < -0.3 is 14.3 Å². The maximum Gasteiger partial charge on any atom is 0.416 e. The number of aromatic amines is 1. The van der Waals surface area contributed by atoms with E-state index < -0.39 is 11.7 Å². The maximum absolute atomic E-state index is 12.7. The van der Waals surface area contributed by atoms with Gasteiger partial charge in [0.15, 0.2) is 4.77 Å². The molecule has 1 heterocycles. The van der Waals surface area contributed by atoms with Crippen LogP contribution in [0.1, 0.15) is 18.9 Å². The van der Waals surface area contributed by atoms with Crippen molar-refractivity contribution in [3.8, 4) is 0 Å². The van der Waals surface area contributed by atoms with Crippen LogP contribution in [0.15, 0.2) is 18.2 Å². The van der Waals surface area contributed by atoms with Crippen molar-refractivity contribution in [2.24, 2.45) is 0 Å². The van der Waals surface area contributed by atoms with Gasteiger partial charge in [-0.2, -0.15) is 13.2 Å². The molecule has 0 atom stereocenters. The first-order valence-corrected chi connectivity index (χ1v) is 6.69. The van der Waals surface area contributed by atoms with Crippen molar-refractivity contribution in [1.29, 1.82) is 0 Å². The fourth-order valence-corrected chi connectivity index (χ4v) is 2.30. The van der Waals surface area contributed by atoms with Crippen LogP contribution in [0.25, 0.3) is 11.0 Å². The van der Waals surface area contributed by atoms with E-state index in [0.717, 1.165) is 12.1 Å². The summed E-state index contributed by atoms with van der Waals surface area (Å²) in [5.41, 5.74) is 0.0692. The Morgan fingerprint density at radius 3 is 2.76 bits per heavy atom. The van der Waals surface area contributed by atoms with Crippen LogP contribution in [-0.4, -0.2) is 22.1 Å². The lowest BCUT2D eigenvalue weighted by atomic mass is 10.2. The van der Waals surface area contributed by atoms with E-state index in [4.69, 9.17) is 17.0 Å². The van der Waals surface area contributed by atoms with Crippen LogP contribution in [0.2, 0.25) is 0 Å². The highest BCUT2D eigenvalue weighted by Gasteiger charge is 2.30.